The van der Waals surface area contributed by atoms with E-state index in [2.05, 4.69) is 10.4 Å². The zero-order valence-electron chi connectivity index (χ0n) is 12.1. The normalized spacial score (nSPS) is 12.8. The maximum Gasteiger partial charge on any atom is 0.433 e. The Balaban J connectivity index is 2.94. The Morgan fingerprint density at radius 1 is 1.33 bits per heavy atom. The predicted molar refractivity (Wildman–Crippen MR) is 73.6 cm³/mol. The third-order valence-corrected chi connectivity index (χ3v) is 4.66. The van der Waals surface area contributed by atoms with Gasteiger partial charge < -0.3 is 5.32 Å². The molecule has 0 unspecified atom stereocenters. The smallest absolute Gasteiger partial charge is 0.313 e. The van der Waals surface area contributed by atoms with Gasteiger partial charge in [-0.1, -0.05) is 13.8 Å². The summed E-state index contributed by atoms with van der Waals surface area (Å²) >= 11 is 0. The van der Waals surface area contributed by atoms with Crippen LogP contribution in [0, 0.1) is 0 Å². The van der Waals surface area contributed by atoms with Crippen LogP contribution in [0.1, 0.15) is 31.5 Å². The molecule has 0 saturated carbocycles. The second-order valence-corrected chi connectivity index (χ2v) is 7.13. The number of hydrogen-bond acceptors (Lipinski definition) is 4. The molecule has 0 amide bonds. The minimum atomic E-state index is -4.56. The monoisotopic (exact) mass is 327 g/mol. The van der Waals surface area contributed by atoms with Gasteiger partial charge in [0.05, 0.1) is 18.5 Å². The molecule has 0 atom stereocenters. The van der Waals surface area contributed by atoms with Gasteiger partial charge in [0, 0.05) is 17.9 Å². The van der Waals surface area contributed by atoms with Crippen molar-refractivity contribution in [3.63, 3.8) is 0 Å². The number of hydrogen-bond donors (Lipinski definition) is 1. The van der Waals surface area contributed by atoms with E-state index < -0.39 is 21.7 Å². The highest BCUT2D eigenvalue weighted by atomic mass is 32.2. The number of aromatic nitrogens is 2. The quantitative estimate of drug-likeness (QED) is 0.740. The van der Waals surface area contributed by atoms with Crippen molar-refractivity contribution in [1.29, 1.82) is 0 Å². The highest BCUT2D eigenvalue weighted by Gasteiger charge is 2.38. The van der Waals surface area contributed by atoms with E-state index in [4.69, 9.17) is 0 Å². The summed E-state index contributed by atoms with van der Waals surface area (Å²) in [6.07, 6.45) is -2.61. The van der Waals surface area contributed by atoms with Crippen molar-refractivity contribution in [3.8, 4) is 0 Å². The number of nitrogens with one attached hydrogen (secondary N) is 1. The molecule has 0 radical (unpaired) electrons. The summed E-state index contributed by atoms with van der Waals surface area (Å²) in [5, 5.41) is 6.58. The number of alkyl halides is 3. The molecule has 1 N–H and O–H groups in total. The summed E-state index contributed by atoms with van der Waals surface area (Å²) in [5.74, 6) is -0.448. The summed E-state index contributed by atoms with van der Waals surface area (Å²) in [6, 6.07) is 0. The molecule has 0 fully saturated rings. The van der Waals surface area contributed by atoms with Gasteiger partial charge in [-0.3, -0.25) is 4.68 Å². The van der Waals surface area contributed by atoms with Crippen LogP contribution in [0.2, 0.25) is 0 Å². The van der Waals surface area contributed by atoms with Crippen LogP contribution < -0.4 is 5.32 Å². The number of aryl methyl sites for hydroxylation is 1. The molecule has 0 aromatic carbocycles. The molecule has 21 heavy (non-hydrogen) atoms. The van der Waals surface area contributed by atoms with Crippen LogP contribution in [0.25, 0.3) is 0 Å². The first-order valence-electron chi connectivity index (χ1n) is 6.74. The average molecular weight is 327 g/mol. The molecule has 0 saturated heterocycles. The van der Waals surface area contributed by atoms with E-state index in [0.29, 0.717) is 6.54 Å². The topological polar surface area (TPSA) is 64.0 Å². The third kappa shape index (κ3) is 5.31. The lowest BCUT2D eigenvalue weighted by Crippen LogP contribution is -2.23. The Morgan fingerprint density at radius 2 is 2.00 bits per heavy atom. The van der Waals surface area contributed by atoms with Crippen molar-refractivity contribution in [2.24, 2.45) is 0 Å². The third-order valence-electron chi connectivity index (χ3n) is 2.98. The second-order valence-electron chi connectivity index (χ2n) is 4.65. The number of rotatable bonds is 8. The van der Waals surface area contributed by atoms with Gasteiger partial charge in [0.1, 0.15) is 5.69 Å². The van der Waals surface area contributed by atoms with Gasteiger partial charge in [0.2, 0.25) is 0 Å². The van der Waals surface area contributed by atoms with Crippen LogP contribution in [-0.4, -0.2) is 36.2 Å². The fourth-order valence-electron chi connectivity index (χ4n) is 1.82. The van der Waals surface area contributed by atoms with Crippen molar-refractivity contribution in [2.75, 3.05) is 18.1 Å². The molecule has 122 valence electrons. The van der Waals surface area contributed by atoms with Crippen LogP contribution in [0.15, 0.2) is 6.20 Å². The molecule has 0 bridgehead atoms. The van der Waals surface area contributed by atoms with Crippen LogP contribution in [0.4, 0.5) is 13.2 Å². The molecule has 1 aromatic rings. The molecule has 0 spiro atoms. The van der Waals surface area contributed by atoms with E-state index in [1.54, 1.807) is 0 Å². The van der Waals surface area contributed by atoms with Gasteiger partial charge in [-0.05, 0) is 13.0 Å². The Morgan fingerprint density at radius 3 is 2.52 bits per heavy atom. The van der Waals surface area contributed by atoms with Gasteiger partial charge in [0.25, 0.3) is 0 Å². The van der Waals surface area contributed by atoms with Crippen molar-refractivity contribution in [2.45, 2.75) is 39.5 Å². The molecule has 0 aliphatic rings. The Bertz CT molecular complexity index is 553. The first-order valence-corrected chi connectivity index (χ1v) is 8.56. The van der Waals surface area contributed by atoms with E-state index >= 15 is 0 Å². The minimum absolute atomic E-state index is 0.0323. The van der Waals surface area contributed by atoms with Gasteiger partial charge in [-0.2, -0.15) is 18.3 Å². The maximum atomic E-state index is 13.1. The molecular weight excluding hydrogens is 307 g/mol. The van der Waals surface area contributed by atoms with E-state index in [1.807, 2.05) is 6.92 Å². The lowest BCUT2D eigenvalue weighted by atomic mass is 10.2. The van der Waals surface area contributed by atoms with Crippen LogP contribution in [0.3, 0.4) is 0 Å². The lowest BCUT2D eigenvalue weighted by molar-refractivity contribution is -0.144. The largest absolute Gasteiger partial charge is 0.433 e. The number of nitrogens with zero attached hydrogens (tertiary/aromatic N) is 2. The summed E-state index contributed by atoms with van der Waals surface area (Å²) in [6.45, 7) is 3.74. The molecule has 0 aliphatic heterocycles. The standard InChI is InChI=1S/C12H20F3N3O2S/c1-3-5-16-8-10-9-17-18(11(10)12(13,14)15)6-7-21(19,20)4-2/h9,16H,3-8H2,1-2H3. The molecule has 1 heterocycles. The van der Waals surface area contributed by atoms with Gasteiger partial charge in [-0.15, -0.1) is 0 Å². The van der Waals surface area contributed by atoms with E-state index in [1.165, 1.54) is 6.92 Å². The fourth-order valence-corrected chi connectivity index (χ4v) is 2.56. The lowest BCUT2D eigenvalue weighted by Gasteiger charge is -2.13. The maximum absolute atomic E-state index is 13.1. The van der Waals surface area contributed by atoms with Crippen LogP contribution in [-0.2, 0) is 29.1 Å². The Labute approximate surface area is 122 Å². The van der Waals surface area contributed by atoms with Crippen molar-refractivity contribution >= 4 is 9.84 Å². The molecule has 0 aliphatic carbocycles. The number of halogens is 3. The molecular formula is C12H20F3N3O2S. The highest BCUT2D eigenvalue weighted by molar-refractivity contribution is 7.91. The summed E-state index contributed by atoms with van der Waals surface area (Å²) in [5.41, 5.74) is -0.845. The Hall–Kier alpha value is -1.09. The summed E-state index contributed by atoms with van der Waals surface area (Å²) < 4.78 is 62.9. The van der Waals surface area contributed by atoms with E-state index in [9.17, 15) is 21.6 Å². The second kappa shape index (κ2) is 7.26. The van der Waals surface area contributed by atoms with Crippen molar-refractivity contribution in [1.82, 2.24) is 15.1 Å². The zero-order valence-corrected chi connectivity index (χ0v) is 12.9. The molecule has 1 aromatic heterocycles. The van der Waals surface area contributed by atoms with Crippen molar-refractivity contribution < 1.29 is 21.6 Å². The average Bonchev–Trinajstić information content (AvgIpc) is 2.80. The minimum Gasteiger partial charge on any atom is -0.313 e. The molecule has 1 rings (SSSR count). The Kier molecular flexibility index (Phi) is 6.21. The SMILES string of the molecule is CCCNCc1cnn(CCS(=O)(=O)CC)c1C(F)(F)F. The highest BCUT2D eigenvalue weighted by Crippen LogP contribution is 2.32. The van der Waals surface area contributed by atoms with Crippen molar-refractivity contribution in [3.05, 3.63) is 17.5 Å². The predicted octanol–water partition coefficient (Wildman–Crippen LogP) is 1.84. The van der Waals surface area contributed by atoms with Gasteiger partial charge in [-0.25, -0.2) is 8.42 Å². The van der Waals surface area contributed by atoms with Crippen LogP contribution in [0.5, 0.6) is 0 Å². The fraction of sp³-hybridized carbons (Fsp3) is 0.750. The van der Waals surface area contributed by atoms with Gasteiger partial charge >= 0.3 is 6.18 Å². The van der Waals surface area contributed by atoms with Crippen LogP contribution >= 0.6 is 0 Å². The summed E-state index contributed by atoms with van der Waals surface area (Å²) in [4.78, 5) is 0. The molecule has 5 nitrogen and oxygen atoms in total. The zero-order chi connectivity index (χ0) is 16.1. The first kappa shape index (κ1) is 18.0. The number of sulfone groups is 1. The first-order chi connectivity index (χ1) is 9.71. The molecule has 9 heteroatoms. The van der Waals surface area contributed by atoms with E-state index in [-0.39, 0.29) is 30.2 Å². The summed E-state index contributed by atoms with van der Waals surface area (Å²) in [7, 11) is -3.34. The van der Waals surface area contributed by atoms with E-state index in [0.717, 1.165) is 17.3 Å². The van der Waals surface area contributed by atoms with Gasteiger partial charge in [0.15, 0.2) is 9.84 Å².